The molecule has 0 spiro atoms. The second-order valence-electron chi connectivity index (χ2n) is 7.11. The number of halogens is 2. The van der Waals surface area contributed by atoms with Crippen LogP contribution in [0.5, 0.6) is 0 Å². The van der Waals surface area contributed by atoms with Gasteiger partial charge in [-0.3, -0.25) is 4.57 Å². The molecule has 1 aliphatic heterocycles. The molecule has 0 saturated heterocycles. The van der Waals surface area contributed by atoms with E-state index in [1.54, 1.807) is 42.5 Å². The van der Waals surface area contributed by atoms with Crippen LogP contribution < -0.4 is 0 Å². The molecule has 0 saturated carbocycles. The number of hydrogen-bond acceptors (Lipinski definition) is 5. The summed E-state index contributed by atoms with van der Waals surface area (Å²) in [5.41, 5.74) is 0.113. The number of aromatic nitrogens is 2. The Labute approximate surface area is 165 Å². The highest BCUT2D eigenvalue weighted by Crippen LogP contribution is 2.32. The van der Waals surface area contributed by atoms with E-state index >= 15 is 0 Å². The van der Waals surface area contributed by atoms with Crippen molar-refractivity contribution >= 4 is 23.0 Å². The number of esters is 2. The SMILES string of the molecule is CC(OC(=O)C1(C)Cc2ccccc2C(=O)O1)c1nc2ccccc2n1C(F)F. The standard InChI is InChI=1S/C21H18F2N2O4/c1-12(17-24-15-9-5-6-10-16(15)25(17)20(22)23)28-19(27)21(2)11-13-7-3-4-8-14(13)18(26)29-21/h3-10,12,20H,11H2,1-2H3. The van der Waals surface area contributed by atoms with Crippen molar-refractivity contribution in [2.45, 2.75) is 38.5 Å². The van der Waals surface area contributed by atoms with E-state index in [4.69, 9.17) is 9.47 Å². The number of para-hydroxylation sites is 2. The molecule has 1 aliphatic rings. The molecule has 8 heteroatoms. The van der Waals surface area contributed by atoms with E-state index in [9.17, 15) is 18.4 Å². The van der Waals surface area contributed by atoms with Gasteiger partial charge in [-0.25, -0.2) is 14.6 Å². The first kappa shape index (κ1) is 19.0. The van der Waals surface area contributed by atoms with Gasteiger partial charge >= 0.3 is 18.5 Å². The van der Waals surface area contributed by atoms with Crippen LogP contribution in [0.2, 0.25) is 0 Å². The van der Waals surface area contributed by atoms with E-state index in [0.717, 1.165) is 4.57 Å². The quantitative estimate of drug-likeness (QED) is 0.614. The molecule has 2 aromatic carbocycles. The highest BCUT2D eigenvalue weighted by atomic mass is 19.3. The van der Waals surface area contributed by atoms with Gasteiger partial charge in [0.05, 0.1) is 16.6 Å². The van der Waals surface area contributed by atoms with Crippen LogP contribution in [0.1, 0.15) is 48.2 Å². The van der Waals surface area contributed by atoms with Gasteiger partial charge in [0.1, 0.15) is 0 Å². The molecular weight excluding hydrogens is 382 g/mol. The molecule has 0 radical (unpaired) electrons. The van der Waals surface area contributed by atoms with Gasteiger partial charge in [-0.2, -0.15) is 8.78 Å². The van der Waals surface area contributed by atoms with Crippen molar-refractivity contribution in [2.75, 3.05) is 0 Å². The lowest BCUT2D eigenvalue weighted by Crippen LogP contribution is -2.47. The number of alkyl halides is 2. The van der Waals surface area contributed by atoms with Crippen LogP contribution in [0.15, 0.2) is 48.5 Å². The average molecular weight is 400 g/mol. The monoisotopic (exact) mass is 400 g/mol. The molecule has 1 aromatic heterocycles. The summed E-state index contributed by atoms with van der Waals surface area (Å²) in [6.45, 7) is 0.0554. The molecule has 2 atom stereocenters. The van der Waals surface area contributed by atoms with Crippen molar-refractivity contribution < 1.29 is 27.8 Å². The molecule has 3 aromatic rings. The van der Waals surface area contributed by atoms with E-state index in [1.807, 2.05) is 0 Å². The molecule has 2 heterocycles. The van der Waals surface area contributed by atoms with Crippen molar-refractivity contribution in [2.24, 2.45) is 0 Å². The van der Waals surface area contributed by atoms with Crippen molar-refractivity contribution in [3.8, 4) is 0 Å². The Morgan fingerprint density at radius 2 is 1.90 bits per heavy atom. The molecule has 0 aliphatic carbocycles. The summed E-state index contributed by atoms with van der Waals surface area (Å²) in [4.78, 5) is 29.3. The number of hydrogen-bond donors (Lipinski definition) is 0. The number of imidazole rings is 1. The smallest absolute Gasteiger partial charge is 0.351 e. The Bertz CT molecular complexity index is 1110. The fourth-order valence-corrected chi connectivity index (χ4v) is 3.54. The first-order valence-electron chi connectivity index (χ1n) is 9.07. The van der Waals surface area contributed by atoms with Gasteiger partial charge in [0.25, 0.3) is 0 Å². The summed E-state index contributed by atoms with van der Waals surface area (Å²) in [7, 11) is 0. The van der Waals surface area contributed by atoms with Crippen molar-refractivity contribution in [1.29, 1.82) is 0 Å². The van der Waals surface area contributed by atoms with Crippen LogP contribution in [0.25, 0.3) is 11.0 Å². The van der Waals surface area contributed by atoms with Crippen molar-refractivity contribution in [1.82, 2.24) is 9.55 Å². The van der Waals surface area contributed by atoms with Gasteiger partial charge in [0, 0.05) is 6.42 Å². The molecule has 150 valence electrons. The van der Waals surface area contributed by atoms with Crippen molar-refractivity contribution in [3.05, 3.63) is 65.5 Å². The molecule has 4 rings (SSSR count). The van der Waals surface area contributed by atoms with E-state index in [0.29, 0.717) is 16.6 Å². The molecule has 0 amide bonds. The second-order valence-corrected chi connectivity index (χ2v) is 7.11. The van der Waals surface area contributed by atoms with Crippen LogP contribution in [0.3, 0.4) is 0 Å². The first-order chi connectivity index (χ1) is 13.8. The number of rotatable bonds is 4. The number of nitrogens with zero attached hydrogens (tertiary/aromatic N) is 2. The summed E-state index contributed by atoms with van der Waals surface area (Å²) in [5.74, 6) is -1.53. The lowest BCUT2D eigenvalue weighted by molar-refractivity contribution is -0.171. The zero-order valence-corrected chi connectivity index (χ0v) is 15.8. The highest BCUT2D eigenvalue weighted by molar-refractivity contribution is 5.96. The average Bonchev–Trinajstić information content (AvgIpc) is 3.08. The summed E-state index contributed by atoms with van der Waals surface area (Å²) in [5, 5.41) is 0. The maximum Gasteiger partial charge on any atom is 0.351 e. The number of carbonyl (C=O) groups excluding carboxylic acids is 2. The van der Waals surface area contributed by atoms with Gasteiger partial charge in [-0.05, 0) is 37.6 Å². The Hall–Kier alpha value is -3.29. The Balaban J connectivity index is 1.62. The zero-order valence-electron chi connectivity index (χ0n) is 15.8. The third-order valence-corrected chi connectivity index (χ3v) is 4.98. The van der Waals surface area contributed by atoms with E-state index in [1.165, 1.54) is 19.9 Å². The molecule has 2 unspecified atom stereocenters. The van der Waals surface area contributed by atoms with Gasteiger partial charge in [0.15, 0.2) is 11.9 Å². The predicted molar refractivity (Wildman–Crippen MR) is 99.5 cm³/mol. The number of fused-ring (bicyclic) bond motifs is 2. The topological polar surface area (TPSA) is 70.4 Å². The predicted octanol–water partition coefficient (Wildman–Crippen LogP) is 4.21. The van der Waals surface area contributed by atoms with Gasteiger partial charge in [-0.15, -0.1) is 0 Å². The normalized spacial score (nSPS) is 19.7. The second kappa shape index (κ2) is 6.95. The number of carbonyl (C=O) groups is 2. The van der Waals surface area contributed by atoms with Crippen LogP contribution in [-0.4, -0.2) is 27.1 Å². The Kier molecular flexibility index (Phi) is 4.56. The highest BCUT2D eigenvalue weighted by Gasteiger charge is 2.45. The number of cyclic esters (lactones) is 1. The minimum atomic E-state index is -2.85. The zero-order chi connectivity index (χ0) is 20.8. The summed E-state index contributed by atoms with van der Waals surface area (Å²) < 4.78 is 38.8. The maximum atomic E-state index is 13.6. The Morgan fingerprint density at radius 3 is 2.66 bits per heavy atom. The van der Waals surface area contributed by atoms with Crippen LogP contribution >= 0.6 is 0 Å². The molecular formula is C21H18F2N2O4. The van der Waals surface area contributed by atoms with E-state index in [2.05, 4.69) is 4.98 Å². The summed E-state index contributed by atoms with van der Waals surface area (Å²) in [6, 6.07) is 13.3. The molecule has 0 bridgehead atoms. The lowest BCUT2D eigenvalue weighted by Gasteiger charge is -2.33. The van der Waals surface area contributed by atoms with Gasteiger partial charge in [-0.1, -0.05) is 30.3 Å². The molecule has 29 heavy (non-hydrogen) atoms. The first-order valence-corrected chi connectivity index (χ1v) is 9.07. The fraction of sp³-hybridized carbons (Fsp3) is 0.286. The Morgan fingerprint density at radius 1 is 1.21 bits per heavy atom. The summed E-state index contributed by atoms with van der Waals surface area (Å²) in [6.07, 6.45) is -0.942. The maximum absolute atomic E-state index is 13.6. The van der Waals surface area contributed by atoms with Crippen LogP contribution in [0.4, 0.5) is 8.78 Å². The number of ether oxygens (including phenoxy) is 2. The van der Waals surface area contributed by atoms with Gasteiger partial charge < -0.3 is 9.47 Å². The fourth-order valence-electron chi connectivity index (χ4n) is 3.54. The largest absolute Gasteiger partial charge is 0.452 e. The van der Waals surface area contributed by atoms with Crippen LogP contribution in [-0.2, 0) is 20.7 Å². The lowest BCUT2D eigenvalue weighted by atomic mass is 9.90. The minimum Gasteiger partial charge on any atom is -0.452 e. The third-order valence-electron chi connectivity index (χ3n) is 4.98. The van der Waals surface area contributed by atoms with E-state index in [-0.39, 0.29) is 17.8 Å². The van der Waals surface area contributed by atoms with Crippen LogP contribution in [0, 0.1) is 0 Å². The van der Waals surface area contributed by atoms with Crippen molar-refractivity contribution in [3.63, 3.8) is 0 Å². The molecule has 0 N–H and O–H groups in total. The van der Waals surface area contributed by atoms with Gasteiger partial charge in [0.2, 0.25) is 5.60 Å². The van der Waals surface area contributed by atoms with E-state index < -0.39 is 30.2 Å². The third kappa shape index (κ3) is 3.24. The summed E-state index contributed by atoms with van der Waals surface area (Å²) >= 11 is 0. The number of benzene rings is 2. The minimum absolute atomic E-state index is 0.0827. The molecule has 6 nitrogen and oxygen atoms in total. The molecule has 0 fully saturated rings.